The molecule has 1 saturated heterocycles. The molecule has 164 valence electrons. The Labute approximate surface area is 194 Å². The lowest BCUT2D eigenvalue weighted by Gasteiger charge is -2.26. The Morgan fingerprint density at radius 3 is 2.41 bits per heavy atom. The van der Waals surface area contributed by atoms with E-state index >= 15 is 0 Å². The molecule has 1 aliphatic heterocycles. The van der Waals surface area contributed by atoms with Crippen molar-refractivity contribution >= 4 is 21.4 Å². The summed E-state index contributed by atoms with van der Waals surface area (Å²) in [6, 6.07) is 25.5. The Balaban J connectivity index is 1.42. The Morgan fingerprint density at radius 1 is 0.844 bits per heavy atom. The van der Waals surface area contributed by atoms with Crippen molar-refractivity contribution in [1.82, 2.24) is 4.90 Å². The van der Waals surface area contributed by atoms with Gasteiger partial charge in [0.15, 0.2) is 0 Å². The molecule has 4 aromatic rings. The molecule has 0 unspecified atom stereocenters. The third kappa shape index (κ3) is 4.38. The predicted molar refractivity (Wildman–Crippen MR) is 135 cm³/mol. The van der Waals surface area contributed by atoms with Crippen LogP contribution in [0.5, 0.6) is 11.5 Å². The highest BCUT2D eigenvalue weighted by atomic mass is 32.1. The Kier molecular flexibility index (Phi) is 6.42. The molecule has 0 bridgehead atoms. The van der Waals surface area contributed by atoms with Crippen LogP contribution >= 0.6 is 11.3 Å². The van der Waals surface area contributed by atoms with Gasteiger partial charge >= 0.3 is 0 Å². The van der Waals surface area contributed by atoms with E-state index in [4.69, 9.17) is 9.47 Å². The first-order chi connectivity index (χ1) is 15.8. The van der Waals surface area contributed by atoms with Crippen LogP contribution in [0.2, 0.25) is 0 Å². The zero-order valence-corrected chi connectivity index (χ0v) is 19.4. The molecular formula is C28H29NO2S. The second-order valence-corrected chi connectivity index (χ2v) is 9.33. The fourth-order valence-electron chi connectivity index (χ4n) is 4.55. The maximum atomic E-state index is 6.06. The van der Waals surface area contributed by atoms with E-state index in [0.717, 1.165) is 30.2 Å². The van der Waals surface area contributed by atoms with Crippen LogP contribution in [0.1, 0.15) is 19.3 Å². The summed E-state index contributed by atoms with van der Waals surface area (Å²) < 4.78 is 13.0. The van der Waals surface area contributed by atoms with Crippen LogP contribution < -0.4 is 9.47 Å². The fraction of sp³-hybridized carbons (Fsp3) is 0.286. The Morgan fingerprint density at radius 2 is 1.59 bits per heavy atom. The summed E-state index contributed by atoms with van der Waals surface area (Å²) in [5.41, 5.74) is 3.59. The highest BCUT2D eigenvalue weighted by Gasteiger charge is 2.18. The average molecular weight is 444 g/mol. The molecule has 1 fully saturated rings. The van der Waals surface area contributed by atoms with Crippen LogP contribution in [0.15, 0.2) is 72.8 Å². The van der Waals surface area contributed by atoms with Crippen molar-refractivity contribution in [3.63, 3.8) is 0 Å². The first kappa shape index (κ1) is 21.0. The van der Waals surface area contributed by atoms with E-state index in [1.807, 2.05) is 23.5 Å². The Bertz CT molecular complexity index is 1180. The normalized spacial score (nSPS) is 14.5. The van der Waals surface area contributed by atoms with Crippen LogP contribution in [-0.2, 0) is 0 Å². The van der Waals surface area contributed by atoms with Crippen molar-refractivity contribution in [2.24, 2.45) is 0 Å². The van der Waals surface area contributed by atoms with Gasteiger partial charge in [-0.3, -0.25) is 4.90 Å². The summed E-state index contributed by atoms with van der Waals surface area (Å²) >= 11 is 1.82. The van der Waals surface area contributed by atoms with Crippen LogP contribution in [0.25, 0.3) is 31.7 Å². The van der Waals surface area contributed by atoms with Crippen molar-refractivity contribution in [1.29, 1.82) is 0 Å². The first-order valence-electron chi connectivity index (χ1n) is 11.4. The predicted octanol–water partition coefficient (Wildman–Crippen LogP) is 7.11. The maximum Gasteiger partial charge on any atom is 0.127 e. The number of thiophene rings is 1. The second-order valence-electron chi connectivity index (χ2n) is 8.28. The van der Waals surface area contributed by atoms with Gasteiger partial charge in [-0.2, -0.15) is 0 Å². The van der Waals surface area contributed by atoms with Gasteiger partial charge in [-0.15, -0.1) is 11.3 Å². The minimum atomic E-state index is 0.743. The van der Waals surface area contributed by atoms with Crippen molar-refractivity contribution in [2.75, 3.05) is 33.4 Å². The lowest BCUT2D eigenvalue weighted by Crippen LogP contribution is -2.33. The smallest absolute Gasteiger partial charge is 0.127 e. The van der Waals surface area contributed by atoms with Crippen molar-refractivity contribution < 1.29 is 9.47 Å². The van der Waals surface area contributed by atoms with Gasteiger partial charge in [0, 0.05) is 32.6 Å². The monoisotopic (exact) mass is 443 g/mol. The molecule has 3 aromatic carbocycles. The summed E-state index contributed by atoms with van der Waals surface area (Å²) in [7, 11) is 1.74. The molecule has 0 amide bonds. The number of rotatable bonds is 7. The molecule has 4 heteroatoms. The number of para-hydroxylation sites is 1. The number of ether oxygens (including phenoxy) is 2. The van der Waals surface area contributed by atoms with E-state index in [2.05, 4.69) is 65.6 Å². The largest absolute Gasteiger partial charge is 0.496 e. The molecule has 1 aromatic heterocycles. The minimum absolute atomic E-state index is 0.743. The van der Waals surface area contributed by atoms with Crippen molar-refractivity contribution in [2.45, 2.75) is 19.3 Å². The Hall–Kier alpha value is -2.82. The number of hydrogen-bond donors (Lipinski definition) is 0. The maximum absolute atomic E-state index is 6.06. The van der Waals surface area contributed by atoms with Crippen molar-refractivity contribution in [3.8, 4) is 33.1 Å². The number of nitrogens with zero attached hydrogens (tertiary/aromatic N) is 1. The average Bonchev–Trinajstić information content (AvgIpc) is 3.24. The molecule has 0 radical (unpaired) electrons. The number of benzene rings is 3. The molecule has 2 heterocycles. The highest BCUT2D eigenvalue weighted by molar-refractivity contribution is 7.23. The van der Waals surface area contributed by atoms with Crippen LogP contribution in [-0.4, -0.2) is 38.3 Å². The van der Waals surface area contributed by atoms with E-state index in [-0.39, 0.29) is 0 Å². The van der Waals surface area contributed by atoms with Gasteiger partial charge < -0.3 is 9.47 Å². The van der Waals surface area contributed by atoms with E-state index in [1.165, 1.54) is 58.4 Å². The van der Waals surface area contributed by atoms with Gasteiger partial charge in [-0.05, 0) is 61.8 Å². The van der Waals surface area contributed by atoms with Crippen LogP contribution in [0, 0.1) is 0 Å². The van der Waals surface area contributed by atoms with Gasteiger partial charge in [0.1, 0.15) is 18.1 Å². The lowest BCUT2D eigenvalue weighted by atomic mass is 9.98. The molecule has 32 heavy (non-hydrogen) atoms. The SMILES string of the molecule is COc1ccccc1-c1sc2ccccc2c1-c1ccc(OCCN2CCCCC2)cc1. The quantitative estimate of drug-likeness (QED) is 0.304. The van der Waals surface area contributed by atoms with Gasteiger partial charge in [0.2, 0.25) is 0 Å². The van der Waals surface area contributed by atoms with Gasteiger partial charge in [0.25, 0.3) is 0 Å². The van der Waals surface area contributed by atoms with E-state index in [1.54, 1.807) is 7.11 Å². The summed E-state index contributed by atoms with van der Waals surface area (Å²) in [6.07, 6.45) is 4.00. The second kappa shape index (κ2) is 9.76. The molecule has 5 rings (SSSR count). The van der Waals surface area contributed by atoms with Gasteiger partial charge in [-0.25, -0.2) is 0 Å². The van der Waals surface area contributed by atoms with Gasteiger partial charge in [0.05, 0.1) is 7.11 Å². The van der Waals surface area contributed by atoms with E-state index in [9.17, 15) is 0 Å². The fourth-order valence-corrected chi connectivity index (χ4v) is 5.80. The third-order valence-corrected chi connectivity index (χ3v) is 7.42. The van der Waals surface area contributed by atoms with E-state index in [0.29, 0.717) is 0 Å². The molecule has 0 atom stereocenters. The number of likely N-dealkylation sites (tertiary alicyclic amines) is 1. The van der Waals surface area contributed by atoms with Crippen LogP contribution in [0.4, 0.5) is 0 Å². The lowest BCUT2D eigenvalue weighted by molar-refractivity contribution is 0.183. The molecule has 0 aliphatic carbocycles. The zero-order chi connectivity index (χ0) is 21.8. The molecule has 0 saturated carbocycles. The zero-order valence-electron chi connectivity index (χ0n) is 18.5. The summed E-state index contributed by atoms with van der Waals surface area (Å²) in [5, 5.41) is 1.28. The first-order valence-corrected chi connectivity index (χ1v) is 12.3. The molecule has 1 aliphatic rings. The summed E-state index contributed by atoms with van der Waals surface area (Å²) in [5.74, 6) is 1.84. The van der Waals surface area contributed by atoms with Crippen molar-refractivity contribution in [3.05, 3.63) is 72.8 Å². The summed E-state index contributed by atoms with van der Waals surface area (Å²) in [4.78, 5) is 3.75. The van der Waals surface area contributed by atoms with E-state index < -0.39 is 0 Å². The summed E-state index contributed by atoms with van der Waals surface area (Å²) in [6.45, 7) is 4.17. The molecule has 3 nitrogen and oxygen atoms in total. The van der Waals surface area contributed by atoms with Gasteiger partial charge in [-0.1, -0.05) is 48.9 Å². The number of piperidine rings is 1. The molecular weight excluding hydrogens is 414 g/mol. The minimum Gasteiger partial charge on any atom is -0.496 e. The number of fused-ring (bicyclic) bond motifs is 1. The topological polar surface area (TPSA) is 21.7 Å². The molecule has 0 N–H and O–H groups in total. The van der Waals surface area contributed by atoms with Crippen LogP contribution in [0.3, 0.4) is 0 Å². The highest BCUT2D eigenvalue weighted by Crippen LogP contribution is 2.47. The standard InChI is InChI=1S/C28H29NO2S/c1-30-25-11-5-3-9-23(25)28-27(24-10-4-6-12-26(24)32-28)21-13-15-22(16-14-21)31-20-19-29-17-7-2-8-18-29/h3-6,9-16H,2,7-8,17-20H2,1H3. The third-order valence-electron chi connectivity index (χ3n) is 6.21. The molecule has 0 spiro atoms. The number of methoxy groups -OCH3 is 1. The number of hydrogen-bond acceptors (Lipinski definition) is 4.